The Morgan fingerprint density at radius 2 is 1.86 bits per heavy atom. The van der Waals surface area contributed by atoms with E-state index in [-0.39, 0.29) is 5.69 Å². The summed E-state index contributed by atoms with van der Waals surface area (Å²) in [6, 6.07) is 5.53. The van der Waals surface area contributed by atoms with E-state index in [4.69, 9.17) is 14.2 Å². The number of rotatable bonds is 6. The summed E-state index contributed by atoms with van der Waals surface area (Å²) in [5.41, 5.74) is 1.11. The standard InChI is InChI=1S/C14H17N3O4/c1-4-21-14(18)13-9-17(16-15-13)8-10-5-11(19-2)7-12(6-10)20-3/h5-7,9H,4,8H2,1-3H3. The second-order valence-corrected chi connectivity index (χ2v) is 4.24. The van der Waals surface area contributed by atoms with Gasteiger partial charge >= 0.3 is 5.97 Å². The molecule has 1 aromatic heterocycles. The molecule has 21 heavy (non-hydrogen) atoms. The third-order valence-electron chi connectivity index (χ3n) is 2.78. The lowest BCUT2D eigenvalue weighted by Gasteiger charge is -2.08. The lowest BCUT2D eigenvalue weighted by Crippen LogP contribution is -2.05. The van der Waals surface area contributed by atoms with Crippen LogP contribution in [-0.4, -0.2) is 41.8 Å². The van der Waals surface area contributed by atoms with E-state index >= 15 is 0 Å². The van der Waals surface area contributed by atoms with Crippen LogP contribution in [0.5, 0.6) is 11.5 Å². The van der Waals surface area contributed by atoms with Crippen molar-refractivity contribution in [2.45, 2.75) is 13.5 Å². The van der Waals surface area contributed by atoms with Crippen molar-refractivity contribution in [1.29, 1.82) is 0 Å². The average Bonchev–Trinajstić information content (AvgIpc) is 2.95. The highest BCUT2D eigenvalue weighted by Gasteiger charge is 2.12. The Morgan fingerprint density at radius 1 is 1.19 bits per heavy atom. The SMILES string of the molecule is CCOC(=O)c1cn(Cc2cc(OC)cc(OC)c2)nn1. The van der Waals surface area contributed by atoms with Crippen LogP contribution in [-0.2, 0) is 11.3 Å². The maximum Gasteiger partial charge on any atom is 0.360 e. The number of benzene rings is 1. The number of hydrogen-bond donors (Lipinski definition) is 0. The van der Waals surface area contributed by atoms with Crippen molar-refractivity contribution < 1.29 is 19.0 Å². The molecule has 0 radical (unpaired) electrons. The van der Waals surface area contributed by atoms with Crippen molar-refractivity contribution in [2.24, 2.45) is 0 Å². The molecule has 0 N–H and O–H groups in total. The van der Waals surface area contributed by atoms with Gasteiger partial charge in [0, 0.05) is 6.07 Å². The molecule has 0 aliphatic carbocycles. The Labute approximate surface area is 122 Å². The Kier molecular flexibility index (Phi) is 4.76. The lowest BCUT2D eigenvalue weighted by atomic mass is 10.2. The number of hydrogen-bond acceptors (Lipinski definition) is 6. The zero-order valence-electron chi connectivity index (χ0n) is 12.2. The molecule has 0 saturated carbocycles. The van der Waals surface area contributed by atoms with Gasteiger partial charge < -0.3 is 14.2 Å². The molecule has 2 rings (SSSR count). The molecule has 1 heterocycles. The molecule has 0 saturated heterocycles. The minimum atomic E-state index is -0.480. The number of ether oxygens (including phenoxy) is 3. The van der Waals surface area contributed by atoms with E-state index in [1.165, 1.54) is 0 Å². The third kappa shape index (κ3) is 3.71. The third-order valence-corrected chi connectivity index (χ3v) is 2.78. The Bertz CT molecular complexity index is 602. The highest BCUT2D eigenvalue weighted by atomic mass is 16.5. The molecule has 1 aromatic carbocycles. The van der Waals surface area contributed by atoms with Crippen LogP contribution in [0.3, 0.4) is 0 Å². The summed E-state index contributed by atoms with van der Waals surface area (Å²) in [7, 11) is 3.18. The first-order valence-electron chi connectivity index (χ1n) is 6.45. The smallest absolute Gasteiger partial charge is 0.360 e. The fourth-order valence-electron chi connectivity index (χ4n) is 1.82. The van der Waals surface area contributed by atoms with Crippen molar-refractivity contribution in [1.82, 2.24) is 15.0 Å². The van der Waals surface area contributed by atoms with Crippen molar-refractivity contribution >= 4 is 5.97 Å². The summed E-state index contributed by atoms with van der Waals surface area (Å²) in [6.07, 6.45) is 1.55. The van der Waals surface area contributed by atoms with Gasteiger partial charge in [0.1, 0.15) is 11.5 Å². The van der Waals surface area contributed by atoms with Crippen LogP contribution >= 0.6 is 0 Å². The minimum Gasteiger partial charge on any atom is -0.497 e. The van der Waals surface area contributed by atoms with Gasteiger partial charge in [0.15, 0.2) is 5.69 Å². The number of nitrogens with zero attached hydrogens (tertiary/aromatic N) is 3. The van der Waals surface area contributed by atoms with Gasteiger partial charge in [0.05, 0.1) is 33.6 Å². The maximum absolute atomic E-state index is 11.5. The zero-order valence-corrected chi connectivity index (χ0v) is 12.2. The largest absolute Gasteiger partial charge is 0.497 e. The second-order valence-electron chi connectivity index (χ2n) is 4.24. The van der Waals surface area contributed by atoms with E-state index in [9.17, 15) is 4.79 Å². The van der Waals surface area contributed by atoms with Crippen molar-refractivity contribution in [2.75, 3.05) is 20.8 Å². The first-order valence-corrected chi connectivity index (χ1v) is 6.45. The van der Waals surface area contributed by atoms with Gasteiger partial charge in [-0.2, -0.15) is 0 Å². The summed E-state index contributed by atoms with van der Waals surface area (Å²) in [6.45, 7) is 2.49. The molecule has 0 bridgehead atoms. The highest BCUT2D eigenvalue weighted by Crippen LogP contribution is 2.22. The minimum absolute atomic E-state index is 0.187. The van der Waals surface area contributed by atoms with Crippen molar-refractivity contribution in [3.63, 3.8) is 0 Å². The molecule has 7 nitrogen and oxygen atoms in total. The van der Waals surface area contributed by atoms with Gasteiger partial charge in [-0.3, -0.25) is 0 Å². The lowest BCUT2D eigenvalue weighted by molar-refractivity contribution is 0.0519. The Hall–Kier alpha value is -2.57. The molecule has 0 spiro atoms. The number of carbonyl (C=O) groups is 1. The molecule has 2 aromatic rings. The number of aromatic nitrogens is 3. The predicted octanol–water partition coefficient (Wildman–Crippen LogP) is 1.52. The number of esters is 1. The summed E-state index contributed by atoms with van der Waals surface area (Å²) < 4.78 is 16.8. The summed E-state index contributed by atoms with van der Waals surface area (Å²) >= 11 is 0. The van der Waals surface area contributed by atoms with E-state index in [0.717, 1.165) is 5.56 Å². The molecule has 0 aliphatic heterocycles. The number of methoxy groups -OCH3 is 2. The van der Waals surface area contributed by atoms with E-state index < -0.39 is 5.97 Å². The fourth-order valence-corrected chi connectivity index (χ4v) is 1.82. The summed E-state index contributed by atoms with van der Waals surface area (Å²) in [4.78, 5) is 11.5. The molecule has 0 fully saturated rings. The van der Waals surface area contributed by atoms with Gasteiger partial charge in [0.2, 0.25) is 0 Å². The zero-order chi connectivity index (χ0) is 15.2. The van der Waals surface area contributed by atoms with Gasteiger partial charge in [-0.05, 0) is 24.6 Å². The van der Waals surface area contributed by atoms with Crippen LogP contribution in [0.25, 0.3) is 0 Å². The average molecular weight is 291 g/mol. The number of carbonyl (C=O) groups excluding carboxylic acids is 1. The molecule has 0 aliphatic rings. The van der Waals surface area contributed by atoms with Crippen LogP contribution in [0.4, 0.5) is 0 Å². The Morgan fingerprint density at radius 3 is 2.43 bits per heavy atom. The van der Waals surface area contributed by atoms with Crippen LogP contribution in [0.2, 0.25) is 0 Å². The van der Waals surface area contributed by atoms with Crippen molar-refractivity contribution in [3.05, 3.63) is 35.7 Å². The van der Waals surface area contributed by atoms with E-state index in [1.807, 2.05) is 12.1 Å². The highest BCUT2D eigenvalue weighted by molar-refractivity contribution is 5.86. The van der Waals surface area contributed by atoms with Crippen LogP contribution in [0.1, 0.15) is 23.0 Å². The van der Waals surface area contributed by atoms with Gasteiger partial charge in [-0.25, -0.2) is 9.48 Å². The first-order chi connectivity index (χ1) is 10.2. The fraction of sp³-hybridized carbons (Fsp3) is 0.357. The van der Waals surface area contributed by atoms with Gasteiger partial charge in [-0.1, -0.05) is 5.21 Å². The topological polar surface area (TPSA) is 75.5 Å². The monoisotopic (exact) mass is 291 g/mol. The van der Waals surface area contributed by atoms with E-state index in [1.54, 1.807) is 38.1 Å². The summed E-state index contributed by atoms with van der Waals surface area (Å²) in [5, 5.41) is 7.70. The molecule has 0 unspecified atom stereocenters. The quantitative estimate of drug-likeness (QED) is 0.751. The maximum atomic E-state index is 11.5. The van der Waals surface area contributed by atoms with E-state index in [0.29, 0.717) is 24.7 Å². The molecule has 0 amide bonds. The molecule has 0 atom stereocenters. The van der Waals surface area contributed by atoms with Crippen LogP contribution in [0, 0.1) is 0 Å². The van der Waals surface area contributed by atoms with Crippen LogP contribution in [0.15, 0.2) is 24.4 Å². The Balaban J connectivity index is 2.16. The predicted molar refractivity (Wildman–Crippen MR) is 74.6 cm³/mol. The molecular weight excluding hydrogens is 274 g/mol. The first kappa shape index (κ1) is 14.8. The van der Waals surface area contributed by atoms with Crippen molar-refractivity contribution in [3.8, 4) is 11.5 Å². The van der Waals surface area contributed by atoms with Gasteiger partial charge in [-0.15, -0.1) is 5.10 Å². The van der Waals surface area contributed by atoms with Gasteiger partial charge in [0.25, 0.3) is 0 Å². The molecule has 7 heteroatoms. The molecule has 112 valence electrons. The van der Waals surface area contributed by atoms with Crippen LogP contribution < -0.4 is 9.47 Å². The van der Waals surface area contributed by atoms with E-state index in [2.05, 4.69) is 10.3 Å². The second kappa shape index (κ2) is 6.74. The summed E-state index contributed by atoms with van der Waals surface area (Å²) in [5.74, 6) is 0.900. The molecular formula is C14H17N3O4. The normalized spacial score (nSPS) is 10.2.